The summed E-state index contributed by atoms with van der Waals surface area (Å²) in [6.07, 6.45) is 11.2. The van der Waals surface area contributed by atoms with Crippen LogP contribution in [0.3, 0.4) is 0 Å². The Morgan fingerprint density at radius 1 is 0.722 bits per heavy atom. The second-order valence-corrected chi connectivity index (χ2v) is 12.9. The summed E-state index contributed by atoms with van der Waals surface area (Å²) in [6.45, 7) is 21.4. The fourth-order valence-electron chi connectivity index (χ4n) is 4.25. The summed E-state index contributed by atoms with van der Waals surface area (Å²) in [5.74, 6) is 0. The van der Waals surface area contributed by atoms with E-state index < -0.39 is 0 Å². The normalized spacial score (nSPS) is 15.8. The number of hydrogen-bond acceptors (Lipinski definition) is 6. The van der Waals surface area contributed by atoms with Crippen LogP contribution in [0.25, 0.3) is 0 Å². The standard InChI is InChI=1S/C9H19NO.2C9H19NS2.Cu/c1-8(2)5-7(11)6-9(3,4)10-8;2*1-3-5-7-10(9(11)12)8-6-4-2;/h7,10-11H,5-6H2,1-4H3;2*3-8H2,1-2H3,(H,11,12);/q;;;+2/p-2. The minimum absolute atomic E-state index is 0. The number of nitrogens with one attached hydrogen (secondary N) is 1. The van der Waals surface area contributed by atoms with Crippen molar-refractivity contribution in [1.29, 1.82) is 0 Å². The molecule has 1 fully saturated rings. The van der Waals surface area contributed by atoms with Crippen LogP contribution in [0.15, 0.2) is 0 Å². The molecule has 0 amide bonds. The molecule has 219 valence electrons. The molecular formula is C27H55CuN3OS4. The van der Waals surface area contributed by atoms with E-state index in [0.29, 0.717) is 8.64 Å². The van der Waals surface area contributed by atoms with E-state index >= 15 is 0 Å². The number of rotatable bonds is 12. The minimum atomic E-state index is -0.138. The van der Waals surface area contributed by atoms with E-state index in [1.54, 1.807) is 0 Å². The van der Waals surface area contributed by atoms with Gasteiger partial charge in [-0.25, -0.2) is 0 Å². The second kappa shape index (κ2) is 23.5. The quantitative estimate of drug-likeness (QED) is 0.140. The van der Waals surface area contributed by atoms with Crippen LogP contribution in [-0.4, -0.2) is 66.9 Å². The zero-order valence-electron chi connectivity index (χ0n) is 24.3. The van der Waals surface area contributed by atoms with E-state index in [0.717, 1.165) is 39.0 Å². The van der Waals surface area contributed by atoms with Gasteiger partial charge in [0.05, 0.1) is 6.10 Å². The van der Waals surface area contributed by atoms with Crippen molar-refractivity contribution >= 4 is 58.3 Å². The van der Waals surface area contributed by atoms with Gasteiger partial charge < -0.3 is 69.9 Å². The molecule has 1 saturated heterocycles. The van der Waals surface area contributed by atoms with Crippen molar-refractivity contribution in [2.45, 2.75) is 137 Å². The topological polar surface area (TPSA) is 38.7 Å². The minimum Gasteiger partial charge on any atom is -0.411 e. The molecule has 2 N–H and O–H groups in total. The molecule has 4 nitrogen and oxygen atoms in total. The summed E-state index contributed by atoms with van der Waals surface area (Å²) < 4.78 is 1.27. The van der Waals surface area contributed by atoms with E-state index in [1.807, 2.05) is 0 Å². The average molecular weight is 630 g/mol. The van der Waals surface area contributed by atoms with Crippen LogP contribution in [0.5, 0.6) is 0 Å². The van der Waals surface area contributed by atoms with E-state index in [-0.39, 0.29) is 34.3 Å². The first-order chi connectivity index (χ1) is 16.2. The molecule has 0 spiro atoms. The Morgan fingerprint density at radius 2 is 0.972 bits per heavy atom. The third-order valence-corrected chi connectivity index (χ3v) is 6.84. The fourth-order valence-corrected chi connectivity index (χ4v) is 4.98. The average Bonchev–Trinajstić information content (AvgIpc) is 2.71. The Balaban J connectivity index is -0.000000448. The Hall–Kier alpha value is 0.659. The summed E-state index contributed by atoms with van der Waals surface area (Å²) in [4.78, 5) is 4.27. The van der Waals surface area contributed by atoms with Crippen LogP contribution in [0.1, 0.15) is 120 Å². The first-order valence-corrected chi connectivity index (χ1v) is 15.3. The van der Waals surface area contributed by atoms with Crippen molar-refractivity contribution in [3.63, 3.8) is 0 Å². The molecule has 0 unspecified atom stereocenters. The first kappa shape index (κ1) is 41.1. The zero-order chi connectivity index (χ0) is 27.5. The van der Waals surface area contributed by atoms with E-state index in [9.17, 15) is 5.11 Å². The van der Waals surface area contributed by atoms with E-state index in [2.05, 4.69) is 70.5 Å². The third-order valence-electron chi connectivity index (χ3n) is 5.81. The number of unbranched alkanes of at least 4 members (excludes halogenated alkanes) is 4. The fraction of sp³-hybridized carbons (Fsp3) is 0.926. The maximum atomic E-state index is 9.54. The van der Waals surface area contributed by atoms with Crippen molar-refractivity contribution in [2.24, 2.45) is 0 Å². The molecule has 0 saturated carbocycles. The molecule has 0 aromatic carbocycles. The smallest absolute Gasteiger partial charge is 0.411 e. The Kier molecular flexibility index (Phi) is 26.9. The number of aliphatic hydroxyl groups excluding tert-OH is 1. The predicted molar refractivity (Wildman–Crippen MR) is 169 cm³/mol. The maximum Gasteiger partial charge on any atom is 2.00 e. The van der Waals surface area contributed by atoms with Crippen molar-refractivity contribution in [3.8, 4) is 0 Å². The second-order valence-electron chi connectivity index (χ2n) is 10.9. The number of hydrogen-bond donors (Lipinski definition) is 2. The number of aliphatic hydroxyl groups is 1. The molecular weight excluding hydrogens is 574 g/mol. The van der Waals surface area contributed by atoms with Crippen molar-refractivity contribution in [2.75, 3.05) is 26.2 Å². The molecule has 36 heavy (non-hydrogen) atoms. The van der Waals surface area contributed by atoms with Gasteiger partial charge in [0.1, 0.15) is 0 Å². The molecule has 1 radical (unpaired) electrons. The summed E-state index contributed by atoms with van der Waals surface area (Å²) in [6, 6.07) is 0. The van der Waals surface area contributed by atoms with Gasteiger partial charge in [0, 0.05) is 37.3 Å². The van der Waals surface area contributed by atoms with Gasteiger partial charge in [-0.15, -0.1) is 0 Å². The van der Waals surface area contributed by atoms with Crippen LogP contribution in [0, 0.1) is 0 Å². The number of piperidine rings is 1. The molecule has 0 aliphatic carbocycles. The zero-order valence-corrected chi connectivity index (χ0v) is 28.5. The predicted octanol–water partition coefficient (Wildman–Crippen LogP) is 6.73. The van der Waals surface area contributed by atoms with Gasteiger partial charge in [0.15, 0.2) is 0 Å². The third kappa shape index (κ3) is 23.8. The van der Waals surface area contributed by atoms with E-state index in [4.69, 9.17) is 49.7 Å². The molecule has 9 heteroatoms. The van der Waals surface area contributed by atoms with Gasteiger partial charge in [-0.3, -0.25) is 0 Å². The Bertz CT molecular complexity index is 503. The molecule has 1 rings (SSSR count). The summed E-state index contributed by atoms with van der Waals surface area (Å²) in [7, 11) is 0. The molecule has 0 atom stereocenters. The monoisotopic (exact) mass is 628 g/mol. The maximum absolute atomic E-state index is 9.54. The molecule has 1 heterocycles. The molecule has 1 aliphatic rings. The molecule has 0 bridgehead atoms. The SMILES string of the molecule is CC1(C)CC(O)CC(C)(C)N1.CCCCN(CCCC)C(=S)[S-].CCCCN(CCCC)C(=S)[S-].[Cu+2]. The van der Waals surface area contributed by atoms with Crippen LogP contribution in [0.2, 0.25) is 0 Å². The molecule has 1 aliphatic heterocycles. The first-order valence-electron chi connectivity index (χ1n) is 13.6. The van der Waals surface area contributed by atoms with Crippen LogP contribution in [-0.2, 0) is 42.3 Å². The van der Waals surface area contributed by atoms with Crippen LogP contribution >= 0.6 is 24.4 Å². The van der Waals surface area contributed by atoms with Crippen molar-refractivity contribution in [1.82, 2.24) is 15.1 Å². The molecule has 0 aromatic heterocycles. The van der Waals surface area contributed by atoms with Gasteiger partial charge in [0.25, 0.3) is 0 Å². The van der Waals surface area contributed by atoms with Crippen molar-refractivity contribution in [3.05, 3.63) is 0 Å². The summed E-state index contributed by atoms with van der Waals surface area (Å²) in [5, 5.41) is 13.0. The van der Waals surface area contributed by atoms with Crippen molar-refractivity contribution < 1.29 is 22.2 Å². The van der Waals surface area contributed by atoms with Gasteiger partial charge in [-0.1, -0.05) is 62.0 Å². The largest absolute Gasteiger partial charge is 2.00 e. The number of nitrogens with zero attached hydrogens (tertiary/aromatic N) is 2. The van der Waals surface area contributed by atoms with Gasteiger partial charge in [0.2, 0.25) is 0 Å². The van der Waals surface area contributed by atoms with Crippen LogP contribution < -0.4 is 5.32 Å². The van der Waals surface area contributed by atoms with Gasteiger partial charge in [-0.2, -0.15) is 0 Å². The molecule has 0 aromatic rings. The Labute approximate surface area is 257 Å². The summed E-state index contributed by atoms with van der Waals surface area (Å²) >= 11 is 19.9. The Morgan fingerprint density at radius 3 is 1.14 bits per heavy atom. The van der Waals surface area contributed by atoms with E-state index in [1.165, 1.54) is 51.4 Å². The summed E-state index contributed by atoms with van der Waals surface area (Å²) in [5.41, 5.74) is 0.169. The van der Waals surface area contributed by atoms with Crippen LogP contribution in [0.4, 0.5) is 0 Å². The number of thiocarbonyl (C=S) groups is 2. The van der Waals surface area contributed by atoms with Gasteiger partial charge in [-0.05, 0) is 66.2 Å². The van der Waals surface area contributed by atoms with Gasteiger partial charge >= 0.3 is 17.1 Å².